The summed E-state index contributed by atoms with van der Waals surface area (Å²) in [4.78, 5) is 15.6. The van der Waals surface area contributed by atoms with Gasteiger partial charge in [-0.2, -0.15) is 11.8 Å². The fourth-order valence-electron chi connectivity index (χ4n) is 2.64. The van der Waals surface area contributed by atoms with Crippen LogP contribution in [0.15, 0.2) is 40.5 Å². The standard InChI is InChI=1S/C16H21N3O2S2/c20-16(17-10-14-2-1-7-23-14)18-11-15(13-3-6-21-12-13)19-4-8-22-9-5-19/h1-3,6-7,12,15H,4-5,8-11H2,(H2,17,18,20)/t15-/m0/s1. The third-order valence-corrected chi connectivity index (χ3v) is 5.69. The summed E-state index contributed by atoms with van der Waals surface area (Å²) in [6.07, 6.45) is 3.47. The third-order valence-electron chi connectivity index (χ3n) is 3.87. The number of carbonyl (C=O) groups is 1. The van der Waals surface area contributed by atoms with Gasteiger partial charge in [-0.1, -0.05) is 6.07 Å². The molecule has 5 nitrogen and oxygen atoms in total. The van der Waals surface area contributed by atoms with Gasteiger partial charge in [-0.25, -0.2) is 4.79 Å². The minimum atomic E-state index is -0.127. The minimum Gasteiger partial charge on any atom is -0.472 e. The number of amides is 2. The Bertz CT molecular complexity index is 581. The van der Waals surface area contributed by atoms with E-state index in [4.69, 9.17) is 4.42 Å². The zero-order valence-electron chi connectivity index (χ0n) is 12.9. The molecule has 2 N–H and O–H groups in total. The largest absolute Gasteiger partial charge is 0.472 e. The number of urea groups is 1. The summed E-state index contributed by atoms with van der Waals surface area (Å²) in [6.45, 7) is 3.23. The van der Waals surface area contributed by atoms with E-state index in [1.807, 2.05) is 35.3 Å². The Hall–Kier alpha value is -1.44. The zero-order valence-corrected chi connectivity index (χ0v) is 14.5. The summed E-state index contributed by atoms with van der Waals surface area (Å²) in [5.74, 6) is 2.28. The molecule has 124 valence electrons. The first-order valence-electron chi connectivity index (χ1n) is 7.71. The maximum absolute atomic E-state index is 12.0. The van der Waals surface area contributed by atoms with Gasteiger partial charge in [0.2, 0.25) is 0 Å². The van der Waals surface area contributed by atoms with Crippen LogP contribution in [0.25, 0.3) is 0 Å². The van der Waals surface area contributed by atoms with Crippen molar-refractivity contribution < 1.29 is 9.21 Å². The van der Waals surface area contributed by atoms with Crippen molar-refractivity contribution in [2.24, 2.45) is 0 Å². The van der Waals surface area contributed by atoms with Gasteiger partial charge >= 0.3 is 6.03 Å². The molecule has 2 amide bonds. The Morgan fingerprint density at radius 1 is 1.30 bits per heavy atom. The second-order valence-electron chi connectivity index (χ2n) is 5.36. The Labute approximate surface area is 144 Å². The summed E-state index contributed by atoms with van der Waals surface area (Å²) in [5.41, 5.74) is 1.12. The van der Waals surface area contributed by atoms with Gasteiger partial charge in [0.1, 0.15) is 0 Å². The van der Waals surface area contributed by atoms with E-state index in [9.17, 15) is 4.79 Å². The average molecular weight is 351 g/mol. The molecule has 7 heteroatoms. The lowest BCUT2D eigenvalue weighted by Crippen LogP contribution is -2.44. The van der Waals surface area contributed by atoms with Crippen LogP contribution < -0.4 is 10.6 Å². The Morgan fingerprint density at radius 2 is 2.17 bits per heavy atom. The normalized spacial score (nSPS) is 16.9. The van der Waals surface area contributed by atoms with Gasteiger partial charge in [-0.05, 0) is 17.5 Å². The van der Waals surface area contributed by atoms with E-state index in [2.05, 4.69) is 15.5 Å². The number of thioether (sulfide) groups is 1. The Kier molecular flexibility index (Phi) is 6.01. The van der Waals surface area contributed by atoms with Crippen LogP contribution in [0.1, 0.15) is 16.5 Å². The monoisotopic (exact) mass is 351 g/mol. The van der Waals surface area contributed by atoms with Gasteiger partial charge in [0.25, 0.3) is 0 Å². The summed E-state index contributed by atoms with van der Waals surface area (Å²) < 4.78 is 5.23. The molecule has 3 rings (SSSR count). The number of furan rings is 1. The highest BCUT2D eigenvalue weighted by Gasteiger charge is 2.23. The van der Waals surface area contributed by atoms with Crippen LogP contribution in [-0.4, -0.2) is 42.1 Å². The molecule has 0 saturated carbocycles. The highest BCUT2D eigenvalue weighted by atomic mass is 32.2. The molecule has 2 aromatic heterocycles. The first kappa shape index (κ1) is 16.4. The quantitative estimate of drug-likeness (QED) is 0.840. The van der Waals surface area contributed by atoms with Crippen LogP contribution in [0.2, 0.25) is 0 Å². The molecule has 0 radical (unpaired) electrons. The van der Waals surface area contributed by atoms with Crippen LogP contribution in [-0.2, 0) is 6.54 Å². The van der Waals surface area contributed by atoms with Crippen molar-refractivity contribution in [2.45, 2.75) is 12.6 Å². The highest BCUT2D eigenvalue weighted by Crippen LogP contribution is 2.24. The molecule has 1 aliphatic heterocycles. The first-order valence-corrected chi connectivity index (χ1v) is 9.74. The first-order chi connectivity index (χ1) is 11.3. The molecule has 3 heterocycles. The molecule has 0 aliphatic carbocycles. The summed E-state index contributed by atoms with van der Waals surface area (Å²) in [7, 11) is 0. The fraction of sp³-hybridized carbons (Fsp3) is 0.438. The maximum atomic E-state index is 12.0. The maximum Gasteiger partial charge on any atom is 0.315 e. The van der Waals surface area contributed by atoms with Gasteiger partial charge in [-0.3, -0.25) is 4.90 Å². The lowest BCUT2D eigenvalue weighted by atomic mass is 10.1. The number of nitrogens with one attached hydrogen (secondary N) is 2. The summed E-state index contributed by atoms with van der Waals surface area (Å²) in [5, 5.41) is 7.91. The van der Waals surface area contributed by atoms with Crippen LogP contribution in [0.3, 0.4) is 0 Å². The van der Waals surface area contributed by atoms with Gasteiger partial charge in [0.05, 0.1) is 25.1 Å². The predicted octanol–water partition coefficient (Wildman–Crippen LogP) is 2.93. The molecule has 23 heavy (non-hydrogen) atoms. The van der Waals surface area contributed by atoms with E-state index in [1.165, 1.54) is 0 Å². The van der Waals surface area contributed by atoms with E-state index in [-0.39, 0.29) is 12.1 Å². The SMILES string of the molecule is O=C(NCc1cccs1)NC[C@@H](c1ccoc1)N1CCSCC1. The predicted molar refractivity (Wildman–Crippen MR) is 94.9 cm³/mol. The van der Waals surface area contributed by atoms with Crippen molar-refractivity contribution in [1.82, 2.24) is 15.5 Å². The van der Waals surface area contributed by atoms with Gasteiger partial charge in [0.15, 0.2) is 0 Å². The number of carbonyl (C=O) groups excluding carboxylic acids is 1. The molecule has 2 aromatic rings. The van der Waals surface area contributed by atoms with Gasteiger partial charge in [0, 0.05) is 41.6 Å². The molecule has 1 fully saturated rings. The van der Waals surface area contributed by atoms with Gasteiger partial charge < -0.3 is 15.1 Å². The molecule has 0 bridgehead atoms. The number of hydrogen-bond donors (Lipinski definition) is 2. The molecule has 0 spiro atoms. The van der Waals surface area contributed by atoms with Crippen molar-refractivity contribution in [1.29, 1.82) is 0 Å². The number of hydrogen-bond acceptors (Lipinski definition) is 5. The van der Waals surface area contributed by atoms with E-state index < -0.39 is 0 Å². The highest BCUT2D eigenvalue weighted by molar-refractivity contribution is 7.99. The number of thiophene rings is 1. The molecule has 1 saturated heterocycles. The molecular formula is C16H21N3O2S2. The molecule has 1 aliphatic rings. The molecule has 0 unspecified atom stereocenters. The Balaban J connectivity index is 1.52. The second-order valence-corrected chi connectivity index (χ2v) is 7.62. The topological polar surface area (TPSA) is 57.5 Å². The van der Waals surface area contributed by atoms with Crippen molar-refractivity contribution in [3.05, 3.63) is 46.5 Å². The second kappa shape index (κ2) is 8.42. The summed E-state index contributed by atoms with van der Waals surface area (Å²) >= 11 is 3.63. The molecule has 0 aromatic carbocycles. The van der Waals surface area contributed by atoms with Crippen LogP contribution in [0.5, 0.6) is 0 Å². The average Bonchev–Trinajstić information content (AvgIpc) is 3.28. The van der Waals surface area contributed by atoms with E-state index in [0.717, 1.165) is 35.0 Å². The van der Waals surface area contributed by atoms with Crippen molar-refractivity contribution in [2.75, 3.05) is 31.1 Å². The van der Waals surface area contributed by atoms with E-state index in [0.29, 0.717) is 13.1 Å². The van der Waals surface area contributed by atoms with Crippen LogP contribution in [0.4, 0.5) is 4.79 Å². The number of rotatable bonds is 6. The van der Waals surface area contributed by atoms with E-state index in [1.54, 1.807) is 23.9 Å². The minimum absolute atomic E-state index is 0.127. The zero-order chi connectivity index (χ0) is 15.9. The lowest BCUT2D eigenvalue weighted by Gasteiger charge is -2.33. The third kappa shape index (κ3) is 4.76. The van der Waals surface area contributed by atoms with Crippen LogP contribution in [0, 0.1) is 0 Å². The summed E-state index contributed by atoms with van der Waals surface area (Å²) in [6, 6.07) is 6.03. The van der Waals surface area contributed by atoms with Crippen molar-refractivity contribution >= 4 is 29.1 Å². The fourth-order valence-corrected chi connectivity index (χ4v) is 4.22. The smallest absolute Gasteiger partial charge is 0.315 e. The molecular weight excluding hydrogens is 330 g/mol. The lowest BCUT2D eigenvalue weighted by molar-refractivity contribution is 0.205. The number of nitrogens with zero attached hydrogens (tertiary/aromatic N) is 1. The Morgan fingerprint density at radius 3 is 2.87 bits per heavy atom. The van der Waals surface area contributed by atoms with Crippen molar-refractivity contribution in [3.8, 4) is 0 Å². The molecule has 1 atom stereocenters. The van der Waals surface area contributed by atoms with Gasteiger partial charge in [-0.15, -0.1) is 11.3 Å². The van der Waals surface area contributed by atoms with Crippen LogP contribution >= 0.6 is 23.1 Å². The van der Waals surface area contributed by atoms with Crippen molar-refractivity contribution in [3.63, 3.8) is 0 Å². The van der Waals surface area contributed by atoms with E-state index >= 15 is 0 Å².